The predicted molar refractivity (Wildman–Crippen MR) is 102 cm³/mol. The van der Waals surface area contributed by atoms with E-state index >= 15 is 0 Å². The van der Waals surface area contributed by atoms with Gasteiger partial charge in [-0.1, -0.05) is 18.2 Å². The summed E-state index contributed by atoms with van der Waals surface area (Å²) in [6.07, 6.45) is 3.73. The van der Waals surface area contributed by atoms with Crippen molar-refractivity contribution < 1.29 is 4.79 Å². The lowest BCUT2D eigenvalue weighted by Crippen LogP contribution is -2.40. The molecule has 1 aliphatic heterocycles. The first-order valence-corrected chi connectivity index (χ1v) is 7.82. The van der Waals surface area contributed by atoms with E-state index in [0.717, 1.165) is 30.8 Å². The predicted octanol–water partition coefficient (Wildman–Crippen LogP) is 2.85. The van der Waals surface area contributed by atoms with E-state index in [2.05, 4.69) is 11.9 Å². The Hall–Kier alpha value is -0.970. The molecule has 0 aliphatic carbocycles. The van der Waals surface area contributed by atoms with E-state index < -0.39 is 0 Å². The molecule has 1 saturated heterocycles. The van der Waals surface area contributed by atoms with Gasteiger partial charge in [0.15, 0.2) is 0 Å². The summed E-state index contributed by atoms with van der Waals surface area (Å²) in [7, 11) is 4.08. The van der Waals surface area contributed by atoms with Crippen LogP contribution in [0.15, 0.2) is 24.3 Å². The summed E-state index contributed by atoms with van der Waals surface area (Å²) < 4.78 is 0. The molecule has 1 heterocycles. The topological polar surface area (TPSA) is 49.6 Å². The van der Waals surface area contributed by atoms with Crippen LogP contribution in [-0.4, -0.2) is 49.4 Å². The van der Waals surface area contributed by atoms with Gasteiger partial charge >= 0.3 is 0 Å². The molecule has 1 atom stereocenters. The van der Waals surface area contributed by atoms with Crippen molar-refractivity contribution in [2.24, 2.45) is 5.92 Å². The maximum absolute atomic E-state index is 12.3. The van der Waals surface area contributed by atoms with Gasteiger partial charge in [-0.25, -0.2) is 0 Å². The monoisotopic (exact) mass is 361 g/mol. The van der Waals surface area contributed by atoms with Crippen LogP contribution in [0.1, 0.15) is 24.8 Å². The van der Waals surface area contributed by atoms with Gasteiger partial charge < -0.3 is 15.5 Å². The van der Waals surface area contributed by atoms with Crippen LogP contribution in [0, 0.1) is 5.92 Å². The smallest absolute Gasteiger partial charge is 0.222 e. The summed E-state index contributed by atoms with van der Waals surface area (Å²) in [6.45, 7) is 3.15. The molecule has 1 fully saturated rings. The lowest BCUT2D eigenvalue weighted by atomic mass is 9.98. The number of carbonyl (C=O) groups is 1. The molecule has 0 aromatic heterocycles. The highest BCUT2D eigenvalue weighted by Gasteiger charge is 2.20. The van der Waals surface area contributed by atoms with E-state index in [1.54, 1.807) is 0 Å². The average Bonchev–Trinajstić information content (AvgIpc) is 2.46. The van der Waals surface area contributed by atoms with Crippen molar-refractivity contribution in [1.82, 2.24) is 9.80 Å². The van der Waals surface area contributed by atoms with Crippen molar-refractivity contribution in [3.8, 4) is 0 Å². The van der Waals surface area contributed by atoms with Crippen LogP contribution in [0.25, 0.3) is 0 Å². The number of nitrogens with two attached hydrogens (primary N) is 1. The highest BCUT2D eigenvalue weighted by molar-refractivity contribution is 5.85. The van der Waals surface area contributed by atoms with Crippen LogP contribution in [0.5, 0.6) is 0 Å². The van der Waals surface area contributed by atoms with Crippen LogP contribution in [0.3, 0.4) is 0 Å². The van der Waals surface area contributed by atoms with Crippen LogP contribution in [0.4, 0.5) is 5.69 Å². The number of hydrogen-bond donors (Lipinski definition) is 1. The van der Waals surface area contributed by atoms with Crippen LogP contribution in [0.2, 0.25) is 0 Å². The number of anilines is 1. The first-order valence-electron chi connectivity index (χ1n) is 7.82. The highest BCUT2D eigenvalue weighted by atomic mass is 35.5. The third-order valence-electron chi connectivity index (χ3n) is 4.34. The number of nitrogen functional groups attached to an aromatic ring is 1. The molecule has 6 heteroatoms. The molecule has 1 amide bonds. The molecule has 2 N–H and O–H groups in total. The molecule has 1 aliphatic rings. The molecular formula is C17H29Cl2N3O. The number of hydrogen-bond acceptors (Lipinski definition) is 3. The van der Waals surface area contributed by atoms with Crippen LogP contribution >= 0.6 is 24.8 Å². The molecule has 1 aromatic rings. The Bertz CT molecular complexity index is 485. The normalized spacial score (nSPS) is 17.7. The van der Waals surface area contributed by atoms with Gasteiger partial charge in [-0.3, -0.25) is 4.79 Å². The second kappa shape index (κ2) is 10.7. The van der Waals surface area contributed by atoms with Crippen molar-refractivity contribution >= 4 is 36.4 Å². The summed E-state index contributed by atoms with van der Waals surface area (Å²) in [5.74, 6) is 0.825. The molecule has 2 rings (SSSR count). The third-order valence-corrected chi connectivity index (χ3v) is 4.34. The summed E-state index contributed by atoms with van der Waals surface area (Å²) in [5, 5.41) is 0. The minimum absolute atomic E-state index is 0. The molecular weight excluding hydrogens is 333 g/mol. The molecule has 4 nitrogen and oxygen atoms in total. The number of halogens is 2. The van der Waals surface area contributed by atoms with Gasteiger partial charge in [0.1, 0.15) is 0 Å². The lowest BCUT2D eigenvalue weighted by molar-refractivity contribution is -0.130. The summed E-state index contributed by atoms with van der Waals surface area (Å²) in [4.78, 5) is 16.5. The number of likely N-dealkylation sites (tertiary alicyclic amines) is 1. The number of benzene rings is 1. The molecule has 1 unspecified atom stereocenters. The van der Waals surface area contributed by atoms with Crippen molar-refractivity contribution in [3.05, 3.63) is 29.8 Å². The van der Waals surface area contributed by atoms with Gasteiger partial charge in [-0.15, -0.1) is 24.8 Å². The Balaban J connectivity index is 0.00000242. The highest BCUT2D eigenvalue weighted by Crippen LogP contribution is 2.17. The van der Waals surface area contributed by atoms with E-state index in [9.17, 15) is 4.79 Å². The molecule has 0 saturated carbocycles. The molecule has 0 bridgehead atoms. The third kappa shape index (κ3) is 6.98. The fourth-order valence-corrected chi connectivity index (χ4v) is 3.11. The van der Waals surface area contributed by atoms with Gasteiger partial charge in [0, 0.05) is 32.2 Å². The number of para-hydroxylation sites is 1. The van der Waals surface area contributed by atoms with Gasteiger partial charge in [0.25, 0.3) is 0 Å². The maximum Gasteiger partial charge on any atom is 0.222 e. The van der Waals surface area contributed by atoms with E-state index in [4.69, 9.17) is 5.73 Å². The molecule has 0 spiro atoms. The largest absolute Gasteiger partial charge is 0.399 e. The number of rotatable bonds is 5. The average molecular weight is 362 g/mol. The fourth-order valence-electron chi connectivity index (χ4n) is 3.11. The van der Waals surface area contributed by atoms with E-state index in [0.29, 0.717) is 12.3 Å². The van der Waals surface area contributed by atoms with Gasteiger partial charge in [0.2, 0.25) is 5.91 Å². The zero-order chi connectivity index (χ0) is 15.2. The lowest BCUT2D eigenvalue weighted by Gasteiger charge is -2.32. The number of amides is 1. The number of nitrogens with zero attached hydrogens (tertiary/aromatic N) is 2. The maximum atomic E-state index is 12.3. The molecule has 23 heavy (non-hydrogen) atoms. The minimum atomic E-state index is 0. The first-order chi connectivity index (χ1) is 10.1. The standard InChI is InChI=1S/C17H27N3O.2ClH/c1-19-11-5-6-14(12-19)13-20(2)17(21)10-9-15-7-3-4-8-16(15)18;;/h3-4,7-8,14H,5-6,9-13,18H2,1-2H3;2*1H. The zero-order valence-electron chi connectivity index (χ0n) is 14.0. The minimum Gasteiger partial charge on any atom is -0.399 e. The van der Waals surface area contributed by atoms with Crippen LogP contribution < -0.4 is 5.73 Å². The Morgan fingerprint density at radius 3 is 2.70 bits per heavy atom. The van der Waals surface area contributed by atoms with Crippen molar-refractivity contribution in [2.45, 2.75) is 25.7 Å². The Morgan fingerprint density at radius 1 is 1.35 bits per heavy atom. The van der Waals surface area contributed by atoms with Gasteiger partial charge in [-0.2, -0.15) is 0 Å². The van der Waals surface area contributed by atoms with Crippen molar-refractivity contribution in [2.75, 3.05) is 39.5 Å². The molecule has 0 radical (unpaired) electrons. The number of carbonyl (C=O) groups excluding carboxylic acids is 1. The van der Waals surface area contributed by atoms with E-state index in [-0.39, 0.29) is 30.7 Å². The quantitative estimate of drug-likeness (QED) is 0.820. The first kappa shape index (κ1) is 22.0. The summed E-state index contributed by atoms with van der Waals surface area (Å²) >= 11 is 0. The number of piperidine rings is 1. The fraction of sp³-hybridized carbons (Fsp3) is 0.588. The summed E-state index contributed by atoms with van der Waals surface area (Å²) in [5.41, 5.74) is 7.76. The van der Waals surface area contributed by atoms with Crippen molar-refractivity contribution in [3.63, 3.8) is 0 Å². The summed E-state index contributed by atoms with van der Waals surface area (Å²) in [6, 6.07) is 7.78. The van der Waals surface area contributed by atoms with Crippen LogP contribution in [-0.2, 0) is 11.2 Å². The number of aryl methyl sites for hydroxylation is 1. The zero-order valence-corrected chi connectivity index (χ0v) is 15.7. The van der Waals surface area contributed by atoms with Gasteiger partial charge in [-0.05, 0) is 50.4 Å². The van der Waals surface area contributed by atoms with E-state index in [1.165, 1.54) is 19.4 Å². The van der Waals surface area contributed by atoms with Crippen molar-refractivity contribution in [1.29, 1.82) is 0 Å². The Morgan fingerprint density at radius 2 is 2.04 bits per heavy atom. The molecule has 132 valence electrons. The SMILES string of the molecule is CN1CCCC(CN(C)C(=O)CCc2ccccc2N)C1.Cl.Cl. The second-order valence-corrected chi connectivity index (χ2v) is 6.24. The second-order valence-electron chi connectivity index (χ2n) is 6.24. The Kier molecular flexibility index (Phi) is 10.3. The van der Waals surface area contributed by atoms with Gasteiger partial charge in [0.05, 0.1) is 0 Å². The van der Waals surface area contributed by atoms with E-state index in [1.807, 2.05) is 36.2 Å². The Labute approximate surface area is 152 Å². The molecule has 1 aromatic carbocycles.